The zero-order valence-electron chi connectivity index (χ0n) is 10.5. The predicted molar refractivity (Wildman–Crippen MR) is 69.2 cm³/mol. The maximum atomic E-state index is 12.0. The predicted octanol–water partition coefficient (Wildman–Crippen LogP) is 0.193. The molecule has 0 spiro atoms. The molecular weight excluding hydrogens is 242 g/mol. The standard InChI is InChI=1S/C11H21N3O2.ClH/c1-3-11(6-4-7-14-11)10(16)13-8-5-9(15)12-2;/h14H,3-8H2,1-2H3,(H,12,15)(H,13,16);1H. The zero-order valence-corrected chi connectivity index (χ0v) is 11.3. The lowest BCUT2D eigenvalue weighted by Gasteiger charge is -2.26. The summed E-state index contributed by atoms with van der Waals surface area (Å²) in [5.41, 5.74) is -0.400. The van der Waals surface area contributed by atoms with Crippen molar-refractivity contribution in [1.29, 1.82) is 0 Å². The Balaban J connectivity index is 0.00000256. The van der Waals surface area contributed by atoms with Crippen LogP contribution in [0.4, 0.5) is 0 Å². The summed E-state index contributed by atoms with van der Waals surface area (Å²) >= 11 is 0. The highest BCUT2D eigenvalue weighted by atomic mass is 35.5. The number of hydrogen-bond donors (Lipinski definition) is 3. The quantitative estimate of drug-likeness (QED) is 0.663. The van der Waals surface area contributed by atoms with Gasteiger partial charge in [-0.15, -0.1) is 12.4 Å². The Morgan fingerprint density at radius 1 is 1.41 bits per heavy atom. The molecule has 1 rings (SSSR count). The Hall–Kier alpha value is -0.810. The zero-order chi connectivity index (χ0) is 12.0. The van der Waals surface area contributed by atoms with Crippen molar-refractivity contribution in [2.45, 2.75) is 38.1 Å². The second kappa shape index (κ2) is 7.50. The molecule has 2 amide bonds. The Morgan fingerprint density at radius 3 is 2.59 bits per heavy atom. The normalized spacial score (nSPS) is 22.7. The van der Waals surface area contributed by atoms with E-state index in [4.69, 9.17) is 0 Å². The highest BCUT2D eigenvalue weighted by Crippen LogP contribution is 2.22. The van der Waals surface area contributed by atoms with Gasteiger partial charge in [0.1, 0.15) is 0 Å². The summed E-state index contributed by atoms with van der Waals surface area (Å²) in [5.74, 6) is -0.0263. The first-order chi connectivity index (χ1) is 7.64. The molecule has 1 aliphatic rings. The third-order valence-corrected chi connectivity index (χ3v) is 3.20. The molecule has 0 aromatic carbocycles. The highest BCUT2D eigenvalue weighted by molar-refractivity contribution is 5.87. The molecule has 6 heteroatoms. The van der Waals surface area contributed by atoms with Gasteiger partial charge in [-0.1, -0.05) is 6.92 Å². The highest BCUT2D eigenvalue weighted by Gasteiger charge is 2.38. The van der Waals surface area contributed by atoms with Gasteiger partial charge in [0.05, 0.1) is 5.54 Å². The fraction of sp³-hybridized carbons (Fsp3) is 0.818. The minimum absolute atomic E-state index is 0. The number of carbonyl (C=O) groups excluding carboxylic acids is 2. The molecule has 1 heterocycles. The van der Waals surface area contributed by atoms with E-state index in [2.05, 4.69) is 16.0 Å². The van der Waals surface area contributed by atoms with E-state index >= 15 is 0 Å². The lowest BCUT2D eigenvalue weighted by Crippen LogP contribution is -2.53. The van der Waals surface area contributed by atoms with E-state index < -0.39 is 5.54 Å². The van der Waals surface area contributed by atoms with Crippen molar-refractivity contribution in [2.75, 3.05) is 20.1 Å². The van der Waals surface area contributed by atoms with Crippen LogP contribution < -0.4 is 16.0 Å². The molecule has 1 unspecified atom stereocenters. The van der Waals surface area contributed by atoms with Gasteiger partial charge in [0.2, 0.25) is 11.8 Å². The van der Waals surface area contributed by atoms with Gasteiger partial charge in [-0.3, -0.25) is 9.59 Å². The van der Waals surface area contributed by atoms with E-state index in [9.17, 15) is 9.59 Å². The largest absolute Gasteiger partial charge is 0.359 e. The van der Waals surface area contributed by atoms with Crippen LogP contribution in [0.3, 0.4) is 0 Å². The smallest absolute Gasteiger partial charge is 0.240 e. The van der Waals surface area contributed by atoms with Gasteiger partial charge >= 0.3 is 0 Å². The van der Waals surface area contributed by atoms with E-state index in [1.54, 1.807) is 7.05 Å². The maximum absolute atomic E-state index is 12.0. The number of nitrogens with one attached hydrogen (secondary N) is 3. The van der Waals surface area contributed by atoms with Crippen molar-refractivity contribution in [3.63, 3.8) is 0 Å². The van der Waals surface area contributed by atoms with Crippen LogP contribution in [-0.4, -0.2) is 37.5 Å². The fourth-order valence-electron chi connectivity index (χ4n) is 2.05. The van der Waals surface area contributed by atoms with E-state index in [1.807, 2.05) is 6.92 Å². The van der Waals surface area contributed by atoms with Crippen LogP contribution in [-0.2, 0) is 9.59 Å². The van der Waals surface area contributed by atoms with Crippen LogP contribution in [0.25, 0.3) is 0 Å². The van der Waals surface area contributed by atoms with Gasteiger partial charge < -0.3 is 16.0 Å². The molecule has 1 fully saturated rings. The van der Waals surface area contributed by atoms with Crippen LogP contribution in [0.5, 0.6) is 0 Å². The molecule has 0 aromatic rings. The summed E-state index contributed by atoms with van der Waals surface area (Å²) in [4.78, 5) is 22.9. The molecule has 1 aliphatic heterocycles. The fourth-order valence-corrected chi connectivity index (χ4v) is 2.05. The van der Waals surface area contributed by atoms with Crippen LogP contribution >= 0.6 is 12.4 Å². The van der Waals surface area contributed by atoms with Crippen molar-refractivity contribution in [2.24, 2.45) is 0 Å². The summed E-state index contributed by atoms with van der Waals surface area (Å²) < 4.78 is 0. The van der Waals surface area contributed by atoms with Gasteiger partial charge in [0.25, 0.3) is 0 Å². The minimum atomic E-state index is -0.400. The van der Waals surface area contributed by atoms with Crippen LogP contribution in [0.2, 0.25) is 0 Å². The Morgan fingerprint density at radius 2 is 2.12 bits per heavy atom. The third kappa shape index (κ3) is 4.16. The Labute approximate surface area is 109 Å². The molecule has 17 heavy (non-hydrogen) atoms. The summed E-state index contributed by atoms with van der Waals surface area (Å²) in [7, 11) is 1.59. The van der Waals surface area contributed by atoms with E-state index in [0.717, 1.165) is 25.8 Å². The third-order valence-electron chi connectivity index (χ3n) is 3.20. The van der Waals surface area contributed by atoms with Gasteiger partial charge in [-0.2, -0.15) is 0 Å². The molecular formula is C11H22ClN3O2. The SMILES string of the molecule is CCC1(C(=O)NCCC(=O)NC)CCCN1.Cl. The van der Waals surface area contributed by atoms with Crippen molar-refractivity contribution < 1.29 is 9.59 Å². The molecule has 3 N–H and O–H groups in total. The topological polar surface area (TPSA) is 70.2 Å². The first-order valence-electron chi connectivity index (χ1n) is 5.88. The first-order valence-corrected chi connectivity index (χ1v) is 5.88. The molecule has 0 bridgehead atoms. The molecule has 0 aromatic heterocycles. The minimum Gasteiger partial charge on any atom is -0.359 e. The second-order valence-corrected chi connectivity index (χ2v) is 4.15. The lowest BCUT2D eigenvalue weighted by molar-refractivity contribution is -0.127. The average Bonchev–Trinajstić information content (AvgIpc) is 2.78. The van der Waals surface area contributed by atoms with Crippen molar-refractivity contribution >= 4 is 24.2 Å². The number of carbonyl (C=O) groups is 2. The molecule has 0 saturated carbocycles. The number of amides is 2. The van der Waals surface area contributed by atoms with E-state index in [-0.39, 0.29) is 24.2 Å². The maximum Gasteiger partial charge on any atom is 0.240 e. The van der Waals surface area contributed by atoms with Gasteiger partial charge in [0.15, 0.2) is 0 Å². The van der Waals surface area contributed by atoms with Crippen LogP contribution in [0.1, 0.15) is 32.6 Å². The molecule has 1 saturated heterocycles. The van der Waals surface area contributed by atoms with Crippen molar-refractivity contribution in [3.05, 3.63) is 0 Å². The molecule has 100 valence electrons. The Bertz CT molecular complexity index is 265. The summed E-state index contributed by atoms with van der Waals surface area (Å²) in [6.07, 6.45) is 3.05. The summed E-state index contributed by atoms with van der Waals surface area (Å²) in [5, 5.41) is 8.60. The van der Waals surface area contributed by atoms with Gasteiger partial charge in [-0.05, 0) is 25.8 Å². The van der Waals surface area contributed by atoms with Gasteiger partial charge in [0, 0.05) is 20.0 Å². The number of hydrogen-bond acceptors (Lipinski definition) is 3. The number of rotatable bonds is 5. The molecule has 1 atom stereocenters. The summed E-state index contributed by atoms with van der Waals surface area (Å²) in [6, 6.07) is 0. The summed E-state index contributed by atoms with van der Waals surface area (Å²) in [6.45, 7) is 3.31. The van der Waals surface area contributed by atoms with E-state index in [1.165, 1.54) is 0 Å². The second-order valence-electron chi connectivity index (χ2n) is 4.15. The lowest BCUT2D eigenvalue weighted by atomic mass is 9.93. The van der Waals surface area contributed by atoms with Crippen LogP contribution in [0.15, 0.2) is 0 Å². The monoisotopic (exact) mass is 263 g/mol. The average molecular weight is 264 g/mol. The molecule has 5 nitrogen and oxygen atoms in total. The number of halogens is 1. The first kappa shape index (κ1) is 16.2. The van der Waals surface area contributed by atoms with Crippen LogP contribution in [0, 0.1) is 0 Å². The molecule has 0 radical (unpaired) electrons. The van der Waals surface area contributed by atoms with Gasteiger partial charge in [-0.25, -0.2) is 0 Å². The van der Waals surface area contributed by atoms with Crippen molar-refractivity contribution in [3.8, 4) is 0 Å². The van der Waals surface area contributed by atoms with Crippen molar-refractivity contribution in [1.82, 2.24) is 16.0 Å². The Kier molecular flexibility index (Phi) is 7.15. The van der Waals surface area contributed by atoms with E-state index in [0.29, 0.717) is 13.0 Å². The molecule has 0 aliphatic carbocycles.